The van der Waals surface area contributed by atoms with Crippen molar-refractivity contribution >= 4 is 112 Å². The number of esters is 1. The monoisotopic (exact) mass is 1890 g/mol. The third-order valence-electron chi connectivity index (χ3n) is 21.1. The number of anilines is 3. The lowest BCUT2D eigenvalue weighted by molar-refractivity contribution is -0.137. The number of methoxy groups -OCH3 is 1. The van der Waals surface area contributed by atoms with Gasteiger partial charge in [0.2, 0.25) is 21.8 Å². The van der Waals surface area contributed by atoms with Gasteiger partial charge in [-0.15, -0.1) is 23.5 Å². The Bertz CT molecular complexity index is 6570. The second-order valence-electron chi connectivity index (χ2n) is 30.9. The highest BCUT2D eigenvalue weighted by atomic mass is 32.2. The fraction of sp³-hybridized carbons (Fsp3) is 0.173. The number of benzene rings is 13. The molecular weight excluding hydrogens is 1790 g/mol. The number of carbonyl (C=O) groups excluding carboxylic acids is 4. The molecule has 0 saturated carbocycles. The summed E-state index contributed by atoms with van der Waals surface area (Å²) < 4.78 is 128. The smallest absolute Gasteiger partial charge is 0.416 e. The van der Waals surface area contributed by atoms with E-state index in [0.717, 1.165) is 39.7 Å². The number of aryl methyl sites for hydroxylation is 2. The SMILES string of the molecule is C=C(O)c1ccccc1CS(=O)(=O)N1CCN(c2ccccc2)CC1.COC(=O)c1cc(-c2ccc(CCc3cccc(C(F)(F)F)c3)cc2)c(C(C)C)cc1CC(=O)c1ccc(Oc2ccccc2)cc1.O=C(CCSc1ccc(CS(=O)(=O)c2ccccc2)c(C(=O)O)c1)Nc1ccccc1.O=C(CSc1ccc(CS(=O)(=O)c2ccccc2)c(C(=O)O)c1)Nc1ccccc1. The van der Waals surface area contributed by atoms with Gasteiger partial charge < -0.3 is 40.3 Å². The number of nitrogens with zero attached hydrogens (tertiary/aromatic N) is 2. The minimum Gasteiger partial charge on any atom is -0.508 e. The van der Waals surface area contributed by atoms with Crippen LogP contribution in [-0.2, 0) is 86.7 Å². The average Bonchev–Trinajstić information content (AvgIpc) is 0.783. The number of ketones is 1. The molecule has 1 heterocycles. The number of aliphatic hydroxyl groups is 1. The zero-order chi connectivity index (χ0) is 95.2. The quantitative estimate of drug-likeness (QED) is 0.0110. The molecule has 0 aliphatic carbocycles. The summed E-state index contributed by atoms with van der Waals surface area (Å²) in [6.45, 7) is 9.86. The van der Waals surface area contributed by atoms with E-state index in [1.54, 1.807) is 133 Å². The predicted octanol–water partition coefficient (Wildman–Crippen LogP) is 21.7. The maximum Gasteiger partial charge on any atom is 0.416 e. The van der Waals surface area contributed by atoms with Crippen LogP contribution < -0.4 is 20.3 Å². The van der Waals surface area contributed by atoms with E-state index in [1.807, 2.05) is 127 Å². The number of aromatic carboxylic acids is 2. The van der Waals surface area contributed by atoms with E-state index in [9.17, 15) is 82.5 Å². The summed E-state index contributed by atoms with van der Waals surface area (Å²) in [6, 6.07) is 93.3. The van der Waals surface area contributed by atoms with E-state index in [1.165, 1.54) is 95.6 Å². The highest BCUT2D eigenvalue weighted by Crippen LogP contribution is 2.37. The Kier molecular flexibility index (Phi) is 35.6. The fourth-order valence-electron chi connectivity index (χ4n) is 14.2. The van der Waals surface area contributed by atoms with E-state index in [2.05, 4.69) is 36.0 Å². The highest BCUT2D eigenvalue weighted by Gasteiger charge is 2.32. The van der Waals surface area contributed by atoms with E-state index in [0.29, 0.717) is 105 Å². The lowest BCUT2D eigenvalue weighted by Crippen LogP contribution is -2.49. The number of para-hydroxylation sites is 4. The molecule has 1 fully saturated rings. The van der Waals surface area contributed by atoms with Gasteiger partial charge in [-0.25, -0.2) is 39.6 Å². The predicted molar refractivity (Wildman–Crippen MR) is 516 cm³/mol. The zero-order valence-corrected chi connectivity index (χ0v) is 76.9. The number of Topliss-reactive ketones (excluding diaryl/α,β-unsaturated/α-hetero) is 1. The number of carboxylic acid groups (broad SMARTS) is 2. The van der Waals surface area contributed by atoms with E-state index in [4.69, 9.17) is 9.47 Å². The van der Waals surface area contributed by atoms with Gasteiger partial charge in [0.1, 0.15) is 17.3 Å². The van der Waals surface area contributed by atoms with Crippen molar-refractivity contribution in [3.05, 3.63) is 406 Å². The van der Waals surface area contributed by atoms with Gasteiger partial charge in [0, 0.05) is 82.8 Å². The van der Waals surface area contributed by atoms with Gasteiger partial charge in [-0.05, 0) is 202 Å². The number of hydrogen-bond donors (Lipinski definition) is 5. The summed E-state index contributed by atoms with van der Waals surface area (Å²) >= 11 is 2.52. The van der Waals surface area contributed by atoms with Crippen LogP contribution in [0.3, 0.4) is 0 Å². The molecule has 0 radical (unpaired) electrons. The van der Waals surface area contributed by atoms with Crippen LogP contribution in [0.4, 0.5) is 30.2 Å². The van der Waals surface area contributed by atoms with Crippen LogP contribution in [0.25, 0.3) is 16.9 Å². The second-order valence-corrected chi connectivity index (χ2v) is 39.0. The van der Waals surface area contributed by atoms with Gasteiger partial charge in [0.05, 0.1) is 62.2 Å². The number of carboxylic acids is 2. The molecular formula is C104H97F3N4O17S5. The van der Waals surface area contributed by atoms with Crippen LogP contribution in [0.15, 0.2) is 354 Å². The van der Waals surface area contributed by atoms with Crippen molar-refractivity contribution in [3.63, 3.8) is 0 Å². The number of amides is 2. The van der Waals surface area contributed by atoms with Gasteiger partial charge in [0.25, 0.3) is 0 Å². The maximum absolute atomic E-state index is 13.4. The number of halogens is 3. The van der Waals surface area contributed by atoms with Crippen molar-refractivity contribution in [1.82, 2.24) is 4.31 Å². The van der Waals surface area contributed by atoms with Crippen LogP contribution >= 0.6 is 23.5 Å². The first kappa shape index (κ1) is 99.9. The number of rotatable bonds is 33. The Morgan fingerprint density at radius 2 is 0.947 bits per heavy atom. The maximum atomic E-state index is 13.4. The standard InChI is InChI=1S/C40H35F3O4.C23H21NO5S2.C22H19NO5S2.C19H22N2O3S/c1-26(2)35-23-31(24-38(44)30-18-20-34(21-19-30)47-33-10-5-4-6-11-33)37(39(45)46-3)25-36(35)29-16-14-27(15-17-29)12-13-28-8-7-9-32(22-28)40(41,42)43;25-22(24-18-7-3-1-4-8-18)13-14-30-19-12-11-17(21(15-19)23(26)27)16-31(28,29)20-9-5-2-6-10-20;24-21(23-17-7-3-1-4-8-17)14-29-18-12-11-16(20(13-18)22(25)26)15-30(27,28)19-9-5-2-6-10-19;1-16(22)19-10-6-5-7-17(19)15-25(23,24)21-13-11-20(12-14-21)18-8-3-2-4-9-18/h4-11,14-23,25-26H,12-13,24H2,1-3H3;1-12,15H,13-14,16H2,(H,24,25)(H,26,27);1-13H,14-15H2,(H,23,24)(H,25,26);2-10,22H,1,11-15H2. The lowest BCUT2D eigenvalue weighted by Gasteiger charge is -2.35. The van der Waals surface area contributed by atoms with Crippen LogP contribution in [-0.4, -0.2) is 125 Å². The molecule has 0 spiro atoms. The number of alkyl halides is 3. The molecule has 2 amide bonds. The molecule has 0 unspecified atom stereocenters. The summed E-state index contributed by atoms with van der Waals surface area (Å²) in [5.74, 6) is -2.57. The number of sulfone groups is 2. The number of thioether (sulfide) groups is 2. The molecule has 1 aliphatic heterocycles. The second kappa shape index (κ2) is 47.4. The number of piperazine rings is 1. The summed E-state index contributed by atoms with van der Waals surface area (Å²) in [5, 5.41) is 34.3. The van der Waals surface area contributed by atoms with Gasteiger partial charge in [0.15, 0.2) is 25.5 Å². The van der Waals surface area contributed by atoms with Gasteiger partial charge in [-0.2, -0.15) is 17.5 Å². The normalized spacial score (nSPS) is 12.1. The summed E-state index contributed by atoms with van der Waals surface area (Å²) in [4.78, 5) is 77.6. The number of nitrogens with one attached hydrogen (secondary N) is 2. The molecule has 21 nitrogen and oxygen atoms in total. The van der Waals surface area contributed by atoms with Gasteiger partial charge >= 0.3 is 24.1 Å². The Labute approximate surface area is 780 Å². The molecule has 5 N–H and O–H groups in total. The lowest BCUT2D eigenvalue weighted by atomic mass is 9.86. The summed E-state index contributed by atoms with van der Waals surface area (Å²) in [5.41, 5.74) is 8.88. The third kappa shape index (κ3) is 29.7. The van der Waals surface area contributed by atoms with Crippen molar-refractivity contribution in [2.75, 3.05) is 60.3 Å². The molecule has 1 saturated heterocycles. The van der Waals surface area contributed by atoms with Crippen LogP contribution in [0.1, 0.15) is 118 Å². The molecule has 686 valence electrons. The van der Waals surface area contributed by atoms with Crippen molar-refractivity contribution in [2.24, 2.45) is 0 Å². The van der Waals surface area contributed by atoms with Crippen molar-refractivity contribution in [2.45, 2.75) is 88.5 Å². The number of carbonyl (C=O) groups is 6. The Hall–Kier alpha value is -13.7. The topological polar surface area (TPSA) is 315 Å². The number of aliphatic hydroxyl groups excluding tert-OH is 1. The van der Waals surface area contributed by atoms with Crippen molar-refractivity contribution in [1.29, 1.82) is 0 Å². The van der Waals surface area contributed by atoms with Crippen molar-refractivity contribution in [3.8, 4) is 22.6 Å². The first-order valence-corrected chi connectivity index (χ1v) is 48.9. The molecule has 0 aromatic heterocycles. The number of sulfonamides is 1. The van der Waals surface area contributed by atoms with Gasteiger partial charge in [-0.3, -0.25) is 14.4 Å². The largest absolute Gasteiger partial charge is 0.508 e. The number of ether oxygens (including phenoxy) is 2. The Morgan fingerprint density at radius 3 is 1.47 bits per heavy atom. The molecule has 133 heavy (non-hydrogen) atoms. The van der Waals surface area contributed by atoms with E-state index in [-0.39, 0.29) is 85.7 Å². The molecule has 29 heteroatoms. The molecule has 14 rings (SSSR count). The molecule has 1 aliphatic rings. The van der Waals surface area contributed by atoms with Crippen molar-refractivity contribution < 1.29 is 92.0 Å². The van der Waals surface area contributed by atoms with Crippen LogP contribution in [0, 0.1) is 0 Å². The zero-order valence-electron chi connectivity index (χ0n) is 72.8. The highest BCUT2D eigenvalue weighted by molar-refractivity contribution is 8.00. The Morgan fingerprint density at radius 1 is 0.466 bits per heavy atom. The molecule has 13 aromatic rings. The summed E-state index contributed by atoms with van der Waals surface area (Å²) in [6.07, 6.45) is -3.06. The van der Waals surface area contributed by atoms with Crippen LogP contribution in [0.2, 0.25) is 0 Å². The molecule has 0 atom stereocenters. The fourth-order valence-corrected chi connectivity index (χ4v) is 20.2. The molecule has 0 bridgehead atoms. The van der Waals surface area contributed by atoms with Gasteiger partial charge in [-0.1, -0.05) is 215 Å². The minimum atomic E-state index is -4.37. The first-order valence-electron chi connectivity index (χ1n) is 42.0. The molecule has 13 aromatic carbocycles. The minimum absolute atomic E-state index is 0.0117. The average molecular weight is 1890 g/mol. The van der Waals surface area contributed by atoms with E-state index < -0.39 is 70.9 Å². The van der Waals surface area contributed by atoms with Crippen LogP contribution in [0.5, 0.6) is 11.5 Å². The third-order valence-corrected chi connectivity index (χ3v) is 28.2. The number of hydrogen-bond acceptors (Lipinski definition) is 18. The Balaban J connectivity index is 0.000000176. The van der Waals surface area contributed by atoms with E-state index >= 15 is 0 Å². The summed E-state index contributed by atoms with van der Waals surface area (Å²) in [7, 11) is -9.47. The first-order chi connectivity index (χ1) is 63.7.